The van der Waals surface area contributed by atoms with Crippen molar-refractivity contribution in [3.05, 3.63) is 66.2 Å². The molecule has 0 heterocycles. The predicted octanol–water partition coefficient (Wildman–Crippen LogP) is 9.13. The van der Waals surface area contributed by atoms with Crippen molar-refractivity contribution in [2.45, 2.75) is 70.9 Å². The van der Waals surface area contributed by atoms with Crippen LogP contribution < -0.4 is 4.74 Å². The molecule has 3 aromatic rings. The van der Waals surface area contributed by atoms with Crippen LogP contribution in [0.25, 0.3) is 21.9 Å². The fourth-order valence-corrected chi connectivity index (χ4v) is 3.93. The Kier molecular flexibility index (Phi) is 9.01. The molecule has 0 fully saturated rings. The molecule has 4 heteroatoms. The van der Waals surface area contributed by atoms with Crippen molar-refractivity contribution in [1.29, 1.82) is 0 Å². The van der Waals surface area contributed by atoms with Crippen molar-refractivity contribution in [2.75, 3.05) is 6.61 Å². The average molecular weight is 443 g/mol. The molecule has 0 atom stereocenters. The number of benzene rings is 3. The van der Waals surface area contributed by atoms with E-state index in [-0.39, 0.29) is 13.0 Å². The lowest BCUT2D eigenvalue weighted by Crippen LogP contribution is -2.09. The number of aryl methyl sites for hydroxylation is 1. The van der Waals surface area contributed by atoms with E-state index in [2.05, 4.69) is 43.3 Å². The third-order valence-electron chi connectivity index (χ3n) is 5.79. The Labute approximate surface area is 189 Å². The van der Waals surface area contributed by atoms with E-state index < -0.39 is 12.6 Å². The third kappa shape index (κ3) is 7.89. The second-order valence-electron chi connectivity index (χ2n) is 8.51. The highest BCUT2D eigenvalue weighted by molar-refractivity contribution is 5.88. The molecule has 0 aliphatic rings. The lowest BCUT2D eigenvalue weighted by atomic mass is 9.98. The molecule has 32 heavy (non-hydrogen) atoms. The second kappa shape index (κ2) is 11.9. The molecule has 3 rings (SSSR count). The highest BCUT2D eigenvalue weighted by Gasteiger charge is 2.26. The Morgan fingerprint density at radius 2 is 1.34 bits per heavy atom. The van der Waals surface area contributed by atoms with Crippen LogP contribution in [0.2, 0.25) is 0 Å². The van der Waals surface area contributed by atoms with Crippen molar-refractivity contribution in [2.24, 2.45) is 0 Å². The zero-order chi connectivity index (χ0) is 22.8. The van der Waals surface area contributed by atoms with Crippen LogP contribution >= 0.6 is 0 Å². The van der Waals surface area contributed by atoms with Crippen molar-refractivity contribution in [1.82, 2.24) is 0 Å². The minimum atomic E-state index is -4.13. The number of unbranched alkanes of at least 4 members (excludes halogenated alkanes) is 5. The van der Waals surface area contributed by atoms with E-state index in [0.29, 0.717) is 5.75 Å². The van der Waals surface area contributed by atoms with Gasteiger partial charge in [-0.3, -0.25) is 0 Å². The second-order valence-corrected chi connectivity index (χ2v) is 8.51. The van der Waals surface area contributed by atoms with Gasteiger partial charge in [0, 0.05) is 6.42 Å². The SMILES string of the molecule is CCCCCCCCc1ccc(-c2ccc3cc(OCCCC(F)(F)F)ccc3c2)cc1. The van der Waals surface area contributed by atoms with E-state index in [1.807, 2.05) is 24.3 Å². The summed E-state index contributed by atoms with van der Waals surface area (Å²) in [6.07, 6.45) is 4.03. The maximum absolute atomic E-state index is 12.2. The number of alkyl halides is 3. The quantitative estimate of drug-likeness (QED) is 0.254. The summed E-state index contributed by atoms with van der Waals surface area (Å²) in [6.45, 7) is 2.31. The van der Waals surface area contributed by atoms with Crippen LogP contribution in [0, 0.1) is 0 Å². The van der Waals surface area contributed by atoms with Crippen molar-refractivity contribution < 1.29 is 17.9 Å². The first-order chi connectivity index (χ1) is 15.4. The molecule has 172 valence electrons. The van der Waals surface area contributed by atoms with Gasteiger partial charge in [0.25, 0.3) is 0 Å². The molecule has 0 unspecified atom stereocenters. The molecular formula is C28H33F3O. The molecule has 0 saturated carbocycles. The van der Waals surface area contributed by atoms with Crippen LogP contribution in [0.1, 0.15) is 63.9 Å². The summed E-state index contributed by atoms with van der Waals surface area (Å²) in [5.41, 5.74) is 3.73. The lowest BCUT2D eigenvalue weighted by molar-refractivity contribution is -0.136. The summed E-state index contributed by atoms with van der Waals surface area (Å²) < 4.78 is 42.2. The van der Waals surface area contributed by atoms with Crippen molar-refractivity contribution >= 4 is 10.8 Å². The molecule has 0 N–H and O–H groups in total. The third-order valence-corrected chi connectivity index (χ3v) is 5.79. The maximum Gasteiger partial charge on any atom is 0.389 e. The minimum Gasteiger partial charge on any atom is -0.494 e. The molecule has 0 aliphatic carbocycles. The molecular weight excluding hydrogens is 409 g/mol. The molecule has 0 saturated heterocycles. The number of rotatable bonds is 12. The lowest BCUT2D eigenvalue weighted by Gasteiger charge is -2.10. The van der Waals surface area contributed by atoms with E-state index in [9.17, 15) is 13.2 Å². The van der Waals surface area contributed by atoms with E-state index >= 15 is 0 Å². The standard InChI is InChI=1S/C28H33F3O/c1-2-3-4-5-6-7-9-22-10-12-23(13-11-22)24-14-15-26-21-27(17-16-25(26)20-24)32-19-8-18-28(29,30)31/h10-17,20-21H,2-9,18-19H2,1H3. The Bertz CT molecular complexity index is 961. The van der Waals surface area contributed by atoms with Gasteiger partial charge in [-0.15, -0.1) is 0 Å². The predicted molar refractivity (Wildman–Crippen MR) is 127 cm³/mol. The summed E-state index contributed by atoms with van der Waals surface area (Å²) in [4.78, 5) is 0. The van der Waals surface area contributed by atoms with Crippen molar-refractivity contribution in [3.8, 4) is 16.9 Å². The highest BCUT2D eigenvalue weighted by atomic mass is 19.4. The van der Waals surface area contributed by atoms with Gasteiger partial charge in [-0.05, 0) is 64.9 Å². The van der Waals surface area contributed by atoms with Gasteiger partial charge >= 0.3 is 6.18 Å². The molecule has 0 amide bonds. The number of hydrogen-bond donors (Lipinski definition) is 0. The van der Waals surface area contributed by atoms with Gasteiger partial charge < -0.3 is 4.74 Å². The molecule has 0 bridgehead atoms. The van der Waals surface area contributed by atoms with E-state index in [4.69, 9.17) is 4.74 Å². The number of halogens is 3. The van der Waals surface area contributed by atoms with Crippen LogP contribution in [-0.4, -0.2) is 12.8 Å². The zero-order valence-electron chi connectivity index (χ0n) is 18.9. The molecule has 0 aliphatic heterocycles. The van der Waals surface area contributed by atoms with Gasteiger partial charge in [-0.2, -0.15) is 13.2 Å². The summed E-state index contributed by atoms with van der Waals surface area (Å²) in [7, 11) is 0. The van der Waals surface area contributed by atoms with E-state index in [1.54, 1.807) is 0 Å². The van der Waals surface area contributed by atoms with Gasteiger partial charge in [0.05, 0.1) is 6.61 Å². The first-order valence-corrected chi connectivity index (χ1v) is 11.8. The largest absolute Gasteiger partial charge is 0.494 e. The Morgan fingerprint density at radius 1 is 0.688 bits per heavy atom. The number of hydrogen-bond acceptors (Lipinski definition) is 1. The molecule has 3 aromatic carbocycles. The van der Waals surface area contributed by atoms with Crippen LogP contribution in [0.4, 0.5) is 13.2 Å². The summed E-state index contributed by atoms with van der Waals surface area (Å²) in [6, 6.07) is 20.8. The Hall–Kier alpha value is -2.49. The highest BCUT2D eigenvalue weighted by Crippen LogP contribution is 2.28. The number of fused-ring (bicyclic) bond motifs is 1. The molecule has 0 aromatic heterocycles. The Morgan fingerprint density at radius 3 is 2.09 bits per heavy atom. The van der Waals surface area contributed by atoms with Crippen LogP contribution in [0.5, 0.6) is 5.75 Å². The van der Waals surface area contributed by atoms with E-state index in [1.165, 1.54) is 49.7 Å². The first-order valence-electron chi connectivity index (χ1n) is 11.8. The van der Waals surface area contributed by atoms with Crippen LogP contribution in [0.15, 0.2) is 60.7 Å². The van der Waals surface area contributed by atoms with Gasteiger partial charge in [-0.25, -0.2) is 0 Å². The topological polar surface area (TPSA) is 9.23 Å². The smallest absolute Gasteiger partial charge is 0.389 e. The summed E-state index contributed by atoms with van der Waals surface area (Å²) in [5.74, 6) is 0.603. The minimum absolute atomic E-state index is 0.0324. The molecule has 1 nitrogen and oxygen atoms in total. The monoisotopic (exact) mass is 442 g/mol. The van der Waals surface area contributed by atoms with Crippen LogP contribution in [0.3, 0.4) is 0 Å². The summed E-state index contributed by atoms with van der Waals surface area (Å²) >= 11 is 0. The number of ether oxygens (including phenoxy) is 1. The van der Waals surface area contributed by atoms with Gasteiger partial charge in [-0.1, -0.05) is 81.5 Å². The summed E-state index contributed by atoms with van der Waals surface area (Å²) in [5, 5.41) is 2.10. The fourth-order valence-electron chi connectivity index (χ4n) is 3.93. The molecule has 0 spiro atoms. The fraction of sp³-hybridized carbons (Fsp3) is 0.429. The van der Waals surface area contributed by atoms with Gasteiger partial charge in [0.15, 0.2) is 0 Å². The van der Waals surface area contributed by atoms with Gasteiger partial charge in [0.2, 0.25) is 0 Å². The maximum atomic E-state index is 12.2. The van der Waals surface area contributed by atoms with E-state index in [0.717, 1.165) is 22.8 Å². The van der Waals surface area contributed by atoms with Gasteiger partial charge in [0.1, 0.15) is 5.75 Å². The Balaban J connectivity index is 1.54. The van der Waals surface area contributed by atoms with Crippen LogP contribution in [-0.2, 0) is 6.42 Å². The first kappa shape index (κ1) is 24.2. The molecule has 0 radical (unpaired) electrons. The normalized spacial score (nSPS) is 11.8. The average Bonchev–Trinajstić information content (AvgIpc) is 2.78. The van der Waals surface area contributed by atoms with Crippen molar-refractivity contribution in [3.63, 3.8) is 0 Å². The zero-order valence-corrected chi connectivity index (χ0v) is 18.9.